The summed E-state index contributed by atoms with van der Waals surface area (Å²) in [6.45, 7) is 2.85. The lowest BCUT2D eigenvalue weighted by atomic mass is 9.94. The van der Waals surface area contributed by atoms with Crippen LogP contribution >= 0.6 is 11.3 Å². The number of hydrogen-bond donors (Lipinski definition) is 2. The summed E-state index contributed by atoms with van der Waals surface area (Å²) in [6.07, 6.45) is 5.62. The van der Waals surface area contributed by atoms with Gasteiger partial charge in [0.1, 0.15) is 0 Å². The minimum atomic E-state index is 0.0212. The van der Waals surface area contributed by atoms with Crippen LogP contribution in [0.4, 0.5) is 5.13 Å². The average molecular weight is 375 g/mol. The van der Waals surface area contributed by atoms with Gasteiger partial charge < -0.3 is 11.1 Å². The van der Waals surface area contributed by atoms with E-state index in [1.54, 1.807) is 11.3 Å². The first kappa shape index (κ1) is 17.6. The predicted molar refractivity (Wildman–Crippen MR) is 114 cm³/mol. The van der Waals surface area contributed by atoms with Crippen LogP contribution in [0.5, 0.6) is 0 Å². The van der Waals surface area contributed by atoms with E-state index in [9.17, 15) is 0 Å². The van der Waals surface area contributed by atoms with E-state index in [4.69, 9.17) is 5.73 Å². The molecule has 0 unspecified atom stereocenters. The molecule has 27 heavy (non-hydrogen) atoms. The van der Waals surface area contributed by atoms with Crippen molar-refractivity contribution in [3.8, 4) is 10.4 Å². The van der Waals surface area contributed by atoms with E-state index in [-0.39, 0.29) is 12.0 Å². The maximum Gasteiger partial charge on any atom is 0.183 e. The van der Waals surface area contributed by atoms with Gasteiger partial charge in [-0.25, -0.2) is 4.98 Å². The normalized spacial score (nSPS) is 13.4. The van der Waals surface area contributed by atoms with Gasteiger partial charge in [0, 0.05) is 36.6 Å². The summed E-state index contributed by atoms with van der Waals surface area (Å²) in [6, 6.07) is 18.8. The Morgan fingerprint density at radius 3 is 2.74 bits per heavy atom. The molecule has 136 valence electrons. The van der Waals surface area contributed by atoms with E-state index in [1.807, 2.05) is 30.7 Å². The second-order valence-electron chi connectivity index (χ2n) is 6.71. The zero-order valence-electron chi connectivity index (χ0n) is 15.2. The van der Waals surface area contributed by atoms with Crippen molar-refractivity contribution in [1.29, 1.82) is 0 Å². The standard InChI is InChI=1S/C22H22N4S/c1-15(16-5-3-2-4-6-16)20(23)13-25-22-26-14-21(27-22)18-7-8-19-12-24-10-9-17(19)11-18/h2-12,14-15,20H,13,23H2,1H3,(H,25,26)/t15-,20-/m0/s1. The highest BCUT2D eigenvalue weighted by Crippen LogP contribution is 2.31. The molecule has 4 aromatic rings. The molecule has 5 heteroatoms. The number of nitrogens with one attached hydrogen (secondary N) is 1. The summed E-state index contributed by atoms with van der Waals surface area (Å²) in [5, 5.41) is 6.62. The Kier molecular flexibility index (Phi) is 5.14. The fraction of sp³-hybridized carbons (Fsp3) is 0.182. The molecule has 0 aliphatic heterocycles. The van der Waals surface area contributed by atoms with Gasteiger partial charge in [-0.1, -0.05) is 60.7 Å². The van der Waals surface area contributed by atoms with E-state index >= 15 is 0 Å². The molecule has 0 aliphatic rings. The van der Waals surface area contributed by atoms with E-state index in [0.29, 0.717) is 6.54 Å². The number of aromatic nitrogens is 2. The largest absolute Gasteiger partial charge is 0.360 e. The molecule has 2 aromatic heterocycles. The Balaban J connectivity index is 1.43. The summed E-state index contributed by atoms with van der Waals surface area (Å²) < 4.78 is 0. The highest BCUT2D eigenvalue weighted by molar-refractivity contribution is 7.18. The van der Waals surface area contributed by atoms with Crippen LogP contribution in [0.25, 0.3) is 21.2 Å². The zero-order valence-corrected chi connectivity index (χ0v) is 16.0. The molecular formula is C22H22N4S. The minimum absolute atomic E-state index is 0.0212. The van der Waals surface area contributed by atoms with Gasteiger partial charge in [-0.2, -0.15) is 0 Å². The van der Waals surface area contributed by atoms with Crippen LogP contribution in [0.1, 0.15) is 18.4 Å². The molecule has 0 radical (unpaired) electrons. The first-order valence-corrected chi connectivity index (χ1v) is 9.87. The average Bonchev–Trinajstić information content (AvgIpc) is 3.21. The summed E-state index contributed by atoms with van der Waals surface area (Å²) in [7, 11) is 0. The lowest BCUT2D eigenvalue weighted by molar-refractivity contribution is 0.589. The number of pyridine rings is 1. The Hall–Kier alpha value is -2.76. The van der Waals surface area contributed by atoms with Gasteiger partial charge in [0.25, 0.3) is 0 Å². The maximum absolute atomic E-state index is 6.39. The topological polar surface area (TPSA) is 63.8 Å². The molecular weight excluding hydrogens is 352 g/mol. The molecule has 2 aromatic carbocycles. The summed E-state index contributed by atoms with van der Waals surface area (Å²) in [5.74, 6) is 0.284. The van der Waals surface area contributed by atoms with Crippen LogP contribution in [-0.4, -0.2) is 22.6 Å². The number of anilines is 1. The van der Waals surface area contributed by atoms with Gasteiger partial charge in [0.2, 0.25) is 0 Å². The minimum Gasteiger partial charge on any atom is -0.360 e. The van der Waals surface area contributed by atoms with Crippen LogP contribution in [0.2, 0.25) is 0 Å². The lowest BCUT2D eigenvalue weighted by Gasteiger charge is -2.20. The SMILES string of the molecule is C[C@@H](c1ccccc1)[C@@H](N)CNc1ncc(-c2ccc3cnccc3c2)s1. The molecule has 2 heterocycles. The first-order chi connectivity index (χ1) is 13.2. The van der Waals surface area contributed by atoms with E-state index in [0.717, 1.165) is 15.4 Å². The number of benzene rings is 2. The zero-order chi connectivity index (χ0) is 18.6. The summed E-state index contributed by atoms with van der Waals surface area (Å²) >= 11 is 1.65. The molecule has 4 rings (SSSR count). The fourth-order valence-electron chi connectivity index (χ4n) is 3.11. The lowest BCUT2D eigenvalue weighted by Crippen LogP contribution is -2.34. The van der Waals surface area contributed by atoms with Crippen molar-refractivity contribution in [2.75, 3.05) is 11.9 Å². The van der Waals surface area contributed by atoms with Crippen LogP contribution in [-0.2, 0) is 0 Å². The second-order valence-corrected chi connectivity index (χ2v) is 7.74. The Labute approximate surface area is 163 Å². The molecule has 4 nitrogen and oxygen atoms in total. The van der Waals surface area contributed by atoms with Gasteiger partial charge in [0.05, 0.1) is 4.88 Å². The highest BCUT2D eigenvalue weighted by atomic mass is 32.1. The van der Waals surface area contributed by atoms with Crippen molar-refractivity contribution in [1.82, 2.24) is 9.97 Å². The smallest absolute Gasteiger partial charge is 0.183 e. The van der Waals surface area contributed by atoms with Crippen molar-refractivity contribution in [3.05, 3.63) is 78.8 Å². The maximum atomic E-state index is 6.39. The first-order valence-electron chi connectivity index (χ1n) is 9.05. The monoisotopic (exact) mass is 374 g/mol. The van der Waals surface area contributed by atoms with Crippen LogP contribution in [0.15, 0.2) is 73.2 Å². The van der Waals surface area contributed by atoms with Crippen molar-refractivity contribution in [3.63, 3.8) is 0 Å². The Bertz CT molecular complexity index is 1030. The summed E-state index contributed by atoms with van der Waals surface area (Å²) in [5.41, 5.74) is 8.81. The highest BCUT2D eigenvalue weighted by Gasteiger charge is 2.15. The molecule has 0 fully saturated rings. The number of fused-ring (bicyclic) bond motifs is 1. The van der Waals surface area contributed by atoms with Gasteiger partial charge in [-0.15, -0.1) is 0 Å². The molecule has 3 N–H and O–H groups in total. The number of nitrogens with zero attached hydrogens (tertiary/aromatic N) is 2. The van der Waals surface area contributed by atoms with E-state index < -0.39 is 0 Å². The quantitative estimate of drug-likeness (QED) is 0.504. The van der Waals surface area contributed by atoms with E-state index in [1.165, 1.54) is 16.5 Å². The van der Waals surface area contributed by atoms with Crippen LogP contribution in [0.3, 0.4) is 0 Å². The van der Waals surface area contributed by atoms with Gasteiger partial charge in [-0.3, -0.25) is 4.98 Å². The van der Waals surface area contributed by atoms with Crippen molar-refractivity contribution >= 4 is 27.2 Å². The van der Waals surface area contributed by atoms with Gasteiger partial charge >= 0.3 is 0 Å². The van der Waals surface area contributed by atoms with Crippen molar-refractivity contribution in [2.45, 2.75) is 18.9 Å². The Morgan fingerprint density at radius 1 is 1.04 bits per heavy atom. The summed E-state index contributed by atoms with van der Waals surface area (Å²) in [4.78, 5) is 9.82. The number of hydrogen-bond acceptors (Lipinski definition) is 5. The van der Waals surface area contributed by atoms with Crippen LogP contribution < -0.4 is 11.1 Å². The number of nitrogens with two attached hydrogens (primary N) is 1. The molecule has 0 bridgehead atoms. The Morgan fingerprint density at radius 2 is 1.89 bits per heavy atom. The molecule has 0 aliphatic carbocycles. The van der Waals surface area contributed by atoms with Crippen molar-refractivity contribution < 1.29 is 0 Å². The molecule has 0 amide bonds. The third-order valence-corrected chi connectivity index (χ3v) is 5.89. The van der Waals surface area contributed by atoms with Gasteiger partial charge in [0.15, 0.2) is 5.13 Å². The molecule has 2 atom stereocenters. The van der Waals surface area contributed by atoms with E-state index in [2.05, 4.69) is 64.7 Å². The third-order valence-electron chi connectivity index (χ3n) is 4.89. The predicted octanol–water partition coefficient (Wildman–Crippen LogP) is 4.90. The third kappa shape index (κ3) is 3.99. The molecule has 0 saturated heterocycles. The van der Waals surface area contributed by atoms with Crippen molar-refractivity contribution in [2.24, 2.45) is 5.73 Å². The molecule has 0 saturated carbocycles. The van der Waals surface area contributed by atoms with Gasteiger partial charge in [-0.05, 0) is 34.6 Å². The van der Waals surface area contributed by atoms with Crippen LogP contribution in [0, 0.1) is 0 Å². The fourth-order valence-corrected chi connectivity index (χ4v) is 3.93. The second kappa shape index (κ2) is 7.86. The number of thiazole rings is 1. The molecule has 0 spiro atoms. The number of rotatable bonds is 6.